The first-order valence-corrected chi connectivity index (χ1v) is 6.97. The summed E-state index contributed by atoms with van der Waals surface area (Å²) >= 11 is 5.46. The summed E-state index contributed by atoms with van der Waals surface area (Å²) in [4.78, 5) is 11.4. The van der Waals surface area contributed by atoms with Crippen LogP contribution in [0.1, 0.15) is 23.7 Å². The van der Waals surface area contributed by atoms with Crippen molar-refractivity contribution in [3.63, 3.8) is 0 Å². The highest BCUT2D eigenvalue weighted by Gasteiger charge is 2.46. The van der Waals surface area contributed by atoms with Crippen LogP contribution in [0, 0.1) is 5.82 Å². The third-order valence-corrected chi connectivity index (χ3v) is 3.64. The Labute approximate surface area is 116 Å². The van der Waals surface area contributed by atoms with Gasteiger partial charge in [0.05, 0.1) is 16.3 Å². The van der Waals surface area contributed by atoms with Crippen LogP contribution in [0.4, 0.5) is 23.2 Å². The van der Waals surface area contributed by atoms with Crippen LogP contribution in [-0.2, 0) is 10.0 Å². The van der Waals surface area contributed by atoms with Gasteiger partial charge in [0, 0.05) is 6.42 Å². The number of halogens is 5. The Morgan fingerprint density at radius 3 is 2.35 bits per heavy atom. The molecule has 0 heterocycles. The van der Waals surface area contributed by atoms with E-state index in [2.05, 4.69) is 0 Å². The summed E-state index contributed by atoms with van der Waals surface area (Å²) in [5, 5.41) is -0.594. The van der Waals surface area contributed by atoms with E-state index in [4.69, 9.17) is 11.6 Å². The quantitative estimate of drug-likeness (QED) is 0.679. The second-order valence-corrected chi connectivity index (χ2v) is 5.72. The van der Waals surface area contributed by atoms with Gasteiger partial charge in [-0.3, -0.25) is 9.52 Å². The van der Waals surface area contributed by atoms with Gasteiger partial charge >= 0.3 is 15.5 Å². The van der Waals surface area contributed by atoms with Crippen molar-refractivity contribution in [3.05, 3.63) is 28.5 Å². The van der Waals surface area contributed by atoms with Crippen molar-refractivity contribution >= 4 is 33.1 Å². The van der Waals surface area contributed by atoms with E-state index in [9.17, 15) is 30.8 Å². The predicted molar refractivity (Wildman–Crippen MR) is 64.6 cm³/mol. The Kier molecular flexibility index (Phi) is 4.65. The molecule has 20 heavy (non-hydrogen) atoms. The predicted octanol–water partition coefficient (Wildman–Crippen LogP) is 3.33. The molecule has 0 spiro atoms. The smallest absolute Gasteiger partial charge is 0.294 e. The summed E-state index contributed by atoms with van der Waals surface area (Å²) in [6, 6.07) is 1.20. The highest BCUT2D eigenvalue weighted by molar-refractivity contribution is 7.93. The Hall–Kier alpha value is -1.35. The monoisotopic (exact) mass is 333 g/mol. The van der Waals surface area contributed by atoms with E-state index in [1.807, 2.05) is 0 Å². The minimum atomic E-state index is -5.70. The molecule has 0 amide bonds. The molecule has 0 aromatic heterocycles. The molecular weight excluding hydrogens is 326 g/mol. The molecule has 0 unspecified atom stereocenters. The topological polar surface area (TPSA) is 63.2 Å². The van der Waals surface area contributed by atoms with Crippen LogP contribution in [0.2, 0.25) is 5.02 Å². The number of hydrogen-bond donors (Lipinski definition) is 1. The fraction of sp³-hybridized carbons (Fsp3) is 0.300. The minimum Gasteiger partial charge on any atom is -0.294 e. The number of sulfonamides is 1. The maximum Gasteiger partial charge on any atom is 0.516 e. The molecule has 0 aliphatic carbocycles. The second-order valence-electron chi connectivity index (χ2n) is 3.64. The van der Waals surface area contributed by atoms with E-state index in [0.29, 0.717) is 12.1 Å². The van der Waals surface area contributed by atoms with Crippen LogP contribution in [-0.4, -0.2) is 19.7 Å². The normalized spacial score (nSPS) is 12.3. The van der Waals surface area contributed by atoms with Gasteiger partial charge in [-0.1, -0.05) is 18.5 Å². The zero-order chi connectivity index (χ0) is 15.7. The molecule has 0 fully saturated rings. The lowest BCUT2D eigenvalue weighted by Gasteiger charge is -2.13. The Morgan fingerprint density at radius 1 is 1.35 bits per heavy atom. The van der Waals surface area contributed by atoms with E-state index >= 15 is 0 Å². The highest BCUT2D eigenvalue weighted by Crippen LogP contribution is 2.31. The fourth-order valence-corrected chi connectivity index (χ4v) is 2.06. The lowest BCUT2D eigenvalue weighted by atomic mass is 10.1. The van der Waals surface area contributed by atoms with Gasteiger partial charge in [-0.05, 0) is 12.1 Å². The zero-order valence-electron chi connectivity index (χ0n) is 9.88. The summed E-state index contributed by atoms with van der Waals surface area (Å²) in [6.45, 7) is 1.41. The number of anilines is 1. The van der Waals surface area contributed by atoms with Crippen LogP contribution in [0.3, 0.4) is 0 Å². The first kappa shape index (κ1) is 16.7. The molecule has 0 aliphatic rings. The van der Waals surface area contributed by atoms with E-state index in [1.165, 1.54) is 11.6 Å². The average Bonchev–Trinajstić information content (AvgIpc) is 2.30. The van der Waals surface area contributed by atoms with E-state index in [0.717, 1.165) is 0 Å². The van der Waals surface area contributed by atoms with Crippen molar-refractivity contribution in [2.24, 2.45) is 0 Å². The molecule has 112 valence electrons. The number of alkyl halides is 3. The minimum absolute atomic E-state index is 0.107. The Bertz CT molecular complexity index is 643. The zero-order valence-corrected chi connectivity index (χ0v) is 11.5. The molecule has 1 aromatic carbocycles. The van der Waals surface area contributed by atoms with Gasteiger partial charge in [0.1, 0.15) is 5.82 Å². The van der Waals surface area contributed by atoms with Gasteiger partial charge in [0.2, 0.25) is 0 Å². The molecule has 1 aromatic rings. The maximum absolute atomic E-state index is 13.4. The van der Waals surface area contributed by atoms with E-state index < -0.39 is 43.4 Å². The lowest BCUT2D eigenvalue weighted by molar-refractivity contribution is -0.0429. The van der Waals surface area contributed by atoms with Gasteiger partial charge in [0.15, 0.2) is 5.78 Å². The molecule has 0 aliphatic heterocycles. The molecule has 0 bridgehead atoms. The summed E-state index contributed by atoms with van der Waals surface area (Å²) in [5.41, 5.74) is -6.82. The summed E-state index contributed by atoms with van der Waals surface area (Å²) in [7, 11) is -5.70. The van der Waals surface area contributed by atoms with Crippen LogP contribution >= 0.6 is 11.6 Å². The van der Waals surface area contributed by atoms with Crippen molar-refractivity contribution in [1.29, 1.82) is 0 Å². The van der Waals surface area contributed by atoms with Crippen LogP contribution < -0.4 is 4.72 Å². The Morgan fingerprint density at radius 2 is 1.90 bits per heavy atom. The average molecular weight is 334 g/mol. The highest BCUT2D eigenvalue weighted by atomic mass is 35.5. The molecule has 10 heteroatoms. The molecule has 0 saturated heterocycles. The number of carbonyl (C=O) groups is 1. The third-order valence-electron chi connectivity index (χ3n) is 2.23. The van der Waals surface area contributed by atoms with Crippen molar-refractivity contribution in [1.82, 2.24) is 0 Å². The molecule has 0 atom stereocenters. The van der Waals surface area contributed by atoms with Crippen LogP contribution in [0.15, 0.2) is 12.1 Å². The van der Waals surface area contributed by atoms with Crippen molar-refractivity contribution in [2.75, 3.05) is 4.72 Å². The van der Waals surface area contributed by atoms with Crippen LogP contribution in [0.5, 0.6) is 0 Å². The van der Waals surface area contributed by atoms with Gasteiger partial charge < -0.3 is 0 Å². The summed E-state index contributed by atoms with van der Waals surface area (Å²) < 4.78 is 73.1. The first-order chi connectivity index (χ1) is 8.99. The lowest BCUT2D eigenvalue weighted by Crippen LogP contribution is -2.30. The Balaban J connectivity index is 3.31. The molecule has 4 nitrogen and oxygen atoms in total. The summed E-state index contributed by atoms with van der Waals surface area (Å²) in [5.74, 6) is -1.75. The second kappa shape index (κ2) is 5.57. The SMILES string of the molecule is CCC(=O)c1cc(NS(=O)(=O)C(F)(F)F)c(Cl)cc1F. The third kappa shape index (κ3) is 3.40. The van der Waals surface area contributed by atoms with Crippen molar-refractivity contribution in [2.45, 2.75) is 18.9 Å². The fourth-order valence-electron chi connectivity index (χ4n) is 1.23. The van der Waals surface area contributed by atoms with Crippen molar-refractivity contribution < 1.29 is 30.8 Å². The van der Waals surface area contributed by atoms with E-state index in [1.54, 1.807) is 0 Å². The molecule has 0 saturated carbocycles. The van der Waals surface area contributed by atoms with Gasteiger partial charge in [-0.15, -0.1) is 0 Å². The molecule has 1 N–H and O–H groups in total. The number of Topliss-reactive ketones (excluding diaryl/α,β-unsaturated/α-hetero) is 1. The number of hydrogen-bond acceptors (Lipinski definition) is 3. The van der Waals surface area contributed by atoms with Gasteiger partial charge in [0.25, 0.3) is 0 Å². The number of benzene rings is 1. The van der Waals surface area contributed by atoms with Gasteiger partial charge in [-0.25, -0.2) is 4.39 Å². The first-order valence-electron chi connectivity index (χ1n) is 5.11. The number of carbonyl (C=O) groups excluding carboxylic acids is 1. The maximum atomic E-state index is 13.4. The van der Waals surface area contributed by atoms with Gasteiger partial charge in [-0.2, -0.15) is 21.6 Å². The molecular formula is C10H8ClF4NO3S. The number of rotatable bonds is 4. The molecule has 1 rings (SSSR count). The standard InChI is InChI=1S/C10H8ClF4NO3S/c1-2-9(17)5-3-8(6(11)4-7(5)12)16-20(18,19)10(13,14)15/h3-4,16H,2H2,1H3. The summed E-state index contributed by atoms with van der Waals surface area (Å²) in [6.07, 6.45) is -0.107. The van der Waals surface area contributed by atoms with Crippen molar-refractivity contribution in [3.8, 4) is 0 Å². The van der Waals surface area contributed by atoms with Crippen LogP contribution in [0.25, 0.3) is 0 Å². The van der Waals surface area contributed by atoms with E-state index in [-0.39, 0.29) is 6.42 Å². The largest absolute Gasteiger partial charge is 0.516 e. The molecule has 0 radical (unpaired) electrons. The number of ketones is 1. The number of nitrogens with one attached hydrogen (secondary N) is 1.